The Morgan fingerprint density at radius 1 is 0.844 bits per heavy atom. The lowest BCUT2D eigenvalue weighted by Crippen LogP contribution is -2.59. The number of likely N-dealkylation sites (tertiary alicyclic amines) is 1. The number of aromatic hydroxyl groups is 1. The normalized spacial score (nSPS) is 19.6. The Labute approximate surface area is 259 Å². The Kier molecular flexibility index (Phi) is 12.6. The Hall–Kier alpha value is -4.73. The summed E-state index contributed by atoms with van der Waals surface area (Å²) in [6.07, 6.45) is 1.01. The zero-order valence-corrected chi connectivity index (χ0v) is 24.8. The van der Waals surface area contributed by atoms with Crippen LogP contribution in [0.25, 0.3) is 0 Å². The number of hydrogen-bond donors (Lipinski definition) is 8. The van der Waals surface area contributed by atoms with Crippen molar-refractivity contribution in [2.75, 3.05) is 13.1 Å². The summed E-state index contributed by atoms with van der Waals surface area (Å²) in [5, 5.41) is 30.0. The Morgan fingerprint density at radius 2 is 1.44 bits per heavy atom. The summed E-state index contributed by atoms with van der Waals surface area (Å²) in [6, 6.07) is 0.305. The predicted octanol–water partition coefficient (Wildman–Crippen LogP) is -2.25. The molecular formula is C29H41N7O9. The van der Waals surface area contributed by atoms with Gasteiger partial charge in [0.05, 0.1) is 6.04 Å². The predicted molar refractivity (Wildman–Crippen MR) is 158 cm³/mol. The Morgan fingerprint density at radius 3 is 2.02 bits per heavy atom. The summed E-state index contributed by atoms with van der Waals surface area (Å²) in [7, 11) is 0. The molecule has 246 valence electrons. The minimum atomic E-state index is -1.34. The lowest BCUT2D eigenvalue weighted by atomic mass is 10.0. The summed E-state index contributed by atoms with van der Waals surface area (Å²) < 4.78 is 0. The van der Waals surface area contributed by atoms with E-state index in [0.717, 1.165) is 11.3 Å². The zero-order chi connectivity index (χ0) is 33.1. The smallest absolute Gasteiger partial charge is 0.326 e. The summed E-state index contributed by atoms with van der Waals surface area (Å²) >= 11 is 0. The fourth-order valence-electron chi connectivity index (χ4n) is 5.39. The van der Waals surface area contributed by atoms with Crippen LogP contribution >= 0.6 is 0 Å². The van der Waals surface area contributed by atoms with Gasteiger partial charge < -0.3 is 47.8 Å². The van der Waals surface area contributed by atoms with Gasteiger partial charge in [-0.1, -0.05) is 12.1 Å². The second-order valence-corrected chi connectivity index (χ2v) is 11.2. The number of phenolic OH excluding ortho intramolecular Hbond substituents is 1. The average Bonchev–Trinajstić information content (AvgIpc) is 3.70. The van der Waals surface area contributed by atoms with E-state index in [1.807, 2.05) is 0 Å². The molecule has 16 nitrogen and oxygen atoms in total. The molecule has 0 aromatic heterocycles. The van der Waals surface area contributed by atoms with Crippen molar-refractivity contribution in [1.29, 1.82) is 0 Å². The van der Waals surface area contributed by atoms with E-state index >= 15 is 0 Å². The van der Waals surface area contributed by atoms with E-state index in [0.29, 0.717) is 24.9 Å². The molecule has 0 aliphatic carbocycles. The first kappa shape index (κ1) is 34.8. The third kappa shape index (κ3) is 10.4. The minimum absolute atomic E-state index is 0.0331. The largest absolute Gasteiger partial charge is 0.508 e. The van der Waals surface area contributed by atoms with Crippen molar-refractivity contribution in [3.05, 3.63) is 29.8 Å². The number of benzene rings is 1. The van der Waals surface area contributed by atoms with E-state index in [4.69, 9.17) is 11.5 Å². The maximum atomic E-state index is 13.7. The molecule has 3 rings (SSSR count). The molecule has 6 amide bonds. The van der Waals surface area contributed by atoms with Gasteiger partial charge in [-0.25, -0.2) is 4.79 Å². The molecule has 0 bridgehead atoms. The van der Waals surface area contributed by atoms with Crippen molar-refractivity contribution in [3.63, 3.8) is 0 Å². The quantitative estimate of drug-likeness (QED) is 0.0971. The third-order valence-corrected chi connectivity index (χ3v) is 7.81. The number of carboxylic acids is 1. The first-order chi connectivity index (χ1) is 21.3. The molecule has 1 aromatic rings. The van der Waals surface area contributed by atoms with Gasteiger partial charge in [0.25, 0.3) is 0 Å². The molecule has 2 saturated heterocycles. The van der Waals surface area contributed by atoms with E-state index in [9.17, 15) is 43.8 Å². The van der Waals surface area contributed by atoms with Crippen molar-refractivity contribution in [2.24, 2.45) is 11.5 Å². The topological polar surface area (TPSA) is 263 Å². The van der Waals surface area contributed by atoms with Crippen LogP contribution < -0.4 is 32.7 Å². The lowest BCUT2D eigenvalue weighted by molar-refractivity contribution is -0.149. The SMILES string of the molecule is NC(=O)CC[C@H](NC(=O)[C@@H]1CCCN1)C(=O)N[C@@H](Cc1ccc(O)cc1)C(=O)N[C@@H](CCC(N)=O)C(=O)N1CCC[C@H]1C(=O)O. The molecule has 0 spiro atoms. The van der Waals surface area contributed by atoms with Crippen molar-refractivity contribution in [1.82, 2.24) is 26.2 Å². The molecular weight excluding hydrogens is 590 g/mol. The van der Waals surface area contributed by atoms with Crippen LogP contribution in [0.5, 0.6) is 5.75 Å². The highest BCUT2D eigenvalue weighted by atomic mass is 16.4. The number of nitrogens with zero attached hydrogens (tertiary/aromatic N) is 1. The van der Waals surface area contributed by atoms with Crippen LogP contribution in [0.4, 0.5) is 0 Å². The summed E-state index contributed by atoms with van der Waals surface area (Å²) in [4.78, 5) is 89.4. The number of phenols is 1. The van der Waals surface area contributed by atoms with E-state index < -0.39 is 71.6 Å². The number of carbonyl (C=O) groups excluding carboxylic acids is 6. The molecule has 0 saturated carbocycles. The van der Waals surface area contributed by atoms with Gasteiger partial charge in [0.2, 0.25) is 35.4 Å². The number of amides is 6. The fourth-order valence-corrected chi connectivity index (χ4v) is 5.39. The fraction of sp³-hybridized carbons (Fsp3) is 0.552. The molecule has 0 unspecified atom stereocenters. The van der Waals surface area contributed by atoms with Gasteiger partial charge in [-0.15, -0.1) is 0 Å². The third-order valence-electron chi connectivity index (χ3n) is 7.81. The van der Waals surface area contributed by atoms with Crippen LogP contribution in [0.3, 0.4) is 0 Å². The van der Waals surface area contributed by atoms with Crippen molar-refractivity contribution in [2.45, 2.75) is 88.0 Å². The average molecular weight is 632 g/mol. The van der Waals surface area contributed by atoms with Gasteiger partial charge in [0, 0.05) is 25.8 Å². The van der Waals surface area contributed by atoms with Crippen molar-refractivity contribution < 1.29 is 43.8 Å². The number of carboxylic acid groups (broad SMARTS) is 1. The monoisotopic (exact) mass is 631 g/mol. The first-order valence-corrected chi connectivity index (χ1v) is 14.9. The Balaban J connectivity index is 1.85. The highest BCUT2D eigenvalue weighted by molar-refractivity contribution is 5.96. The number of nitrogens with two attached hydrogens (primary N) is 2. The number of nitrogens with one attached hydrogen (secondary N) is 4. The maximum absolute atomic E-state index is 13.7. The minimum Gasteiger partial charge on any atom is -0.508 e. The van der Waals surface area contributed by atoms with E-state index in [1.165, 1.54) is 24.3 Å². The molecule has 2 heterocycles. The van der Waals surface area contributed by atoms with Gasteiger partial charge in [-0.2, -0.15) is 0 Å². The standard InChI is InChI=1S/C29H41N7O9/c30-23(38)11-9-19(33-25(40)18-3-1-13-32-18)26(41)35-21(15-16-5-7-17(37)8-6-16)27(42)34-20(10-12-24(31)39)28(43)36-14-2-4-22(36)29(44)45/h5-8,18-22,32,37H,1-4,9-15H2,(H2,30,38)(H2,31,39)(H,33,40)(H,34,42)(H,35,41)(H,44,45)/t18-,19-,20-,21-,22-/m0/s1. The van der Waals surface area contributed by atoms with Gasteiger partial charge in [0.15, 0.2) is 0 Å². The number of rotatable bonds is 16. The van der Waals surface area contributed by atoms with E-state index in [1.54, 1.807) is 0 Å². The molecule has 2 aliphatic heterocycles. The van der Waals surface area contributed by atoms with E-state index in [-0.39, 0.29) is 50.8 Å². The maximum Gasteiger partial charge on any atom is 0.326 e. The summed E-state index contributed by atoms with van der Waals surface area (Å²) in [5.41, 5.74) is 11.1. The Bertz CT molecular complexity index is 1270. The van der Waals surface area contributed by atoms with Crippen LogP contribution in [0.15, 0.2) is 24.3 Å². The van der Waals surface area contributed by atoms with Gasteiger partial charge in [0.1, 0.15) is 29.9 Å². The molecule has 0 radical (unpaired) electrons. The number of hydrogen-bond acceptors (Lipinski definition) is 9. The highest BCUT2D eigenvalue weighted by Gasteiger charge is 2.39. The molecule has 1 aromatic carbocycles. The van der Waals surface area contributed by atoms with Crippen LogP contribution in [-0.2, 0) is 40.0 Å². The van der Waals surface area contributed by atoms with Gasteiger partial charge in [-0.05, 0) is 62.8 Å². The summed E-state index contributed by atoms with van der Waals surface area (Å²) in [5.74, 6) is -5.44. The summed E-state index contributed by atoms with van der Waals surface area (Å²) in [6.45, 7) is 0.773. The molecule has 2 aliphatic rings. The van der Waals surface area contributed by atoms with Gasteiger partial charge in [-0.3, -0.25) is 28.8 Å². The van der Waals surface area contributed by atoms with Crippen LogP contribution in [0.2, 0.25) is 0 Å². The lowest BCUT2D eigenvalue weighted by Gasteiger charge is -2.29. The molecule has 16 heteroatoms. The molecule has 45 heavy (non-hydrogen) atoms. The van der Waals surface area contributed by atoms with Crippen molar-refractivity contribution in [3.8, 4) is 5.75 Å². The first-order valence-electron chi connectivity index (χ1n) is 14.9. The second kappa shape index (κ2) is 16.4. The number of primary amides is 2. The van der Waals surface area contributed by atoms with Crippen LogP contribution in [0.1, 0.15) is 56.9 Å². The van der Waals surface area contributed by atoms with Gasteiger partial charge >= 0.3 is 5.97 Å². The van der Waals surface area contributed by atoms with Crippen LogP contribution in [0, 0.1) is 0 Å². The van der Waals surface area contributed by atoms with Crippen LogP contribution in [-0.4, -0.2) is 99.8 Å². The molecule has 2 fully saturated rings. The van der Waals surface area contributed by atoms with E-state index in [2.05, 4.69) is 21.3 Å². The second-order valence-electron chi connectivity index (χ2n) is 11.2. The molecule has 5 atom stereocenters. The number of aliphatic carboxylic acids is 1. The highest BCUT2D eigenvalue weighted by Crippen LogP contribution is 2.20. The number of carbonyl (C=O) groups is 7. The van der Waals surface area contributed by atoms with Crippen molar-refractivity contribution >= 4 is 41.4 Å². The zero-order valence-electron chi connectivity index (χ0n) is 24.8. The molecule has 10 N–H and O–H groups in total.